The molecule has 0 bridgehead atoms. The van der Waals surface area contributed by atoms with E-state index in [1.165, 1.54) is 6.92 Å². The summed E-state index contributed by atoms with van der Waals surface area (Å²) in [4.78, 5) is 11.5. The van der Waals surface area contributed by atoms with Crippen molar-refractivity contribution in [2.45, 2.75) is 20.3 Å². The lowest BCUT2D eigenvalue weighted by Gasteiger charge is -2.15. The molecule has 0 aliphatic carbocycles. The average Bonchev–Trinajstić information content (AvgIpc) is 2.48. The van der Waals surface area contributed by atoms with E-state index in [0.717, 1.165) is 12.0 Å². The number of ketones is 1. The topological polar surface area (TPSA) is 61.6 Å². The van der Waals surface area contributed by atoms with Crippen molar-refractivity contribution < 1.29 is 14.3 Å². The van der Waals surface area contributed by atoms with Crippen LogP contribution in [0.3, 0.4) is 0 Å². The van der Waals surface area contributed by atoms with Gasteiger partial charge < -0.3 is 15.2 Å². The lowest BCUT2D eigenvalue weighted by molar-refractivity contribution is 0.101. The van der Waals surface area contributed by atoms with Crippen LogP contribution < -0.4 is 15.2 Å². The van der Waals surface area contributed by atoms with Gasteiger partial charge in [-0.15, -0.1) is 0 Å². The maximum absolute atomic E-state index is 11.5. The molecule has 1 aromatic rings. The number of anilines is 1. The minimum absolute atomic E-state index is 0.0616. The van der Waals surface area contributed by atoms with E-state index in [-0.39, 0.29) is 5.78 Å². The summed E-state index contributed by atoms with van der Waals surface area (Å²) in [5, 5.41) is 0. The fourth-order valence-corrected chi connectivity index (χ4v) is 1.74. The van der Waals surface area contributed by atoms with Gasteiger partial charge in [0.15, 0.2) is 17.3 Å². The van der Waals surface area contributed by atoms with Crippen LogP contribution in [0.5, 0.6) is 11.5 Å². The van der Waals surface area contributed by atoms with Gasteiger partial charge >= 0.3 is 0 Å². The Labute approximate surface area is 94.3 Å². The molecule has 0 radical (unpaired) electrons. The van der Waals surface area contributed by atoms with Gasteiger partial charge in [0.05, 0.1) is 18.8 Å². The number of carbonyl (C=O) groups is 1. The first-order chi connectivity index (χ1) is 7.61. The quantitative estimate of drug-likeness (QED) is 0.581. The minimum atomic E-state index is -0.0616. The fraction of sp³-hybridized carbons (Fsp3) is 0.417. The lowest BCUT2D eigenvalue weighted by atomic mass is 10.0. The van der Waals surface area contributed by atoms with Gasteiger partial charge in [0.1, 0.15) is 0 Å². The van der Waals surface area contributed by atoms with Crippen LogP contribution in [0, 0.1) is 6.92 Å². The fourth-order valence-electron chi connectivity index (χ4n) is 1.74. The SMILES string of the molecule is CC(=O)c1cc(N)c(C)c2c1OCCCO2. The number of nitrogens with two attached hydrogens (primary N) is 1. The Hall–Kier alpha value is -1.71. The van der Waals surface area contributed by atoms with Gasteiger partial charge in [-0.25, -0.2) is 0 Å². The highest BCUT2D eigenvalue weighted by Gasteiger charge is 2.21. The van der Waals surface area contributed by atoms with Gasteiger partial charge in [0, 0.05) is 17.7 Å². The summed E-state index contributed by atoms with van der Waals surface area (Å²) in [6.07, 6.45) is 0.811. The standard InChI is InChI=1S/C12H15NO3/c1-7-10(13)6-9(8(2)14)12-11(7)15-4-3-5-16-12/h6H,3-5,13H2,1-2H3. The van der Waals surface area contributed by atoms with Crippen LogP contribution in [0.15, 0.2) is 6.07 Å². The number of rotatable bonds is 1. The van der Waals surface area contributed by atoms with Crippen LogP contribution >= 0.6 is 0 Å². The number of nitrogen functional groups attached to an aromatic ring is 1. The lowest BCUT2D eigenvalue weighted by Crippen LogP contribution is -2.04. The molecule has 1 heterocycles. The molecule has 0 saturated heterocycles. The summed E-state index contributed by atoms with van der Waals surface area (Å²) in [6.45, 7) is 4.52. The first kappa shape index (κ1) is 10.8. The number of fused-ring (bicyclic) bond motifs is 1. The van der Waals surface area contributed by atoms with Gasteiger partial charge in [-0.1, -0.05) is 0 Å². The van der Waals surface area contributed by atoms with E-state index >= 15 is 0 Å². The Morgan fingerprint density at radius 1 is 1.31 bits per heavy atom. The Morgan fingerprint density at radius 3 is 2.56 bits per heavy atom. The van der Waals surface area contributed by atoms with Crippen molar-refractivity contribution in [2.75, 3.05) is 18.9 Å². The van der Waals surface area contributed by atoms with Crippen LogP contribution in [0.1, 0.15) is 29.3 Å². The molecule has 0 saturated carbocycles. The minimum Gasteiger partial charge on any atom is -0.489 e. The van der Waals surface area contributed by atoms with E-state index in [0.29, 0.717) is 36.0 Å². The molecule has 0 spiro atoms. The highest BCUT2D eigenvalue weighted by atomic mass is 16.5. The Kier molecular flexibility index (Phi) is 2.73. The Balaban J connectivity index is 2.64. The van der Waals surface area contributed by atoms with Crippen LogP contribution in [0.4, 0.5) is 5.69 Å². The van der Waals surface area contributed by atoms with Crippen molar-refractivity contribution in [1.29, 1.82) is 0 Å². The molecule has 1 aliphatic rings. The van der Waals surface area contributed by atoms with Crippen LogP contribution in [-0.2, 0) is 0 Å². The molecule has 1 aromatic carbocycles. The summed E-state index contributed by atoms with van der Waals surface area (Å²) >= 11 is 0. The van der Waals surface area contributed by atoms with Crippen molar-refractivity contribution in [3.05, 3.63) is 17.2 Å². The van der Waals surface area contributed by atoms with E-state index in [1.54, 1.807) is 6.07 Å². The van der Waals surface area contributed by atoms with Crippen LogP contribution in [0.25, 0.3) is 0 Å². The first-order valence-electron chi connectivity index (χ1n) is 5.31. The largest absolute Gasteiger partial charge is 0.489 e. The summed E-state index contributed by atoms with van der Waals surface area (Å²) < 4.78 is 11.2. The molecular formula is C12H15NO3. The summed E-state index contributed by atoms with van der Waals surface area (Å²) in [5.41, 5.74) is 7.75. The third-order valence-electron chi connectivity index (χ3n) is 2.69. The van der Waals surface area contributed by atoms with Gasteiger partial charge in [0.2, 0.25) is 0 Å². The maximum Gasteiger partial charge on any atom is 0.172 e. The average molecular weight is 221 g/mol. The molecule has 0 amide bonds. The molecular weight excluding hydrogens is 206 g/mol. The van der Waals surface area contributed by atoms with E-state index < -0.39 is 0 Å². The zero-order valence-electron chi connectivity index (χ0n) is 9.50. The third-order valence-corrected chi connectivity index (χ3v) is 2.69. The van der Waals surface area contributed by atoms with E-state index in [9.17, 15) is 4.79 Å². The second kappa shape index (κ2) is 4.04. The second-order valence-electron chi connectivity index (χ2n) is 3.90. The molecule has 86 valence electrons. The number of carbonyl (C=O) groups excluding carboxylic acids is 1. The van der Waals surface area contributed by atoms with Crippen molar-refractivity contribution >= 4 is 11.5 Å². The van der Waals surface area contributed by atoms with Crippen LogP contribution in [0.2, 0.25) is 0 Å². The summed E-state index contributed by atoms with van der Waals surface area (Å²) in [7, 11) is 0. The van der Waals surface area contributed by atoms with E-state index in [2.05, 4.69) is 0 Å². The number of benzene rings is 1. The number of hydrogen-bond donors (Lipinski definition) is 1. The highest BCUT2D eigenvalue weighted by molar-refractivity contribution is 5.99. The number of Topliss-reactive ketones (excluding diaryl/α,β-unsaturated/α-hetero) is 1. The second-order valence-corrected chi connectivity index (χ2v) is 3.90. The van der Waals surface area contributed by atoms with Crippen molar-refractivity contribution in [3.63, 3.8) is 0 Å². The predicted molar refractivity (Wildman–Crippen MR) is 61.2 cm³/mol. The van der Waals surface area contributed by atoms with Gasteiger partial charge in [-0.05, 0) is 19.9 Å². The van der Waals surface area contributed by atoms with Crippen LogP contribution in [-0.4, -0.2) is 19.0 Å². The molecule has 1 aliphatic heterocycles. The molecule has 0 atom stereocenters. The molecule has 2 N–H and O–H groups in total. The van der Waals surface area contributed by atoms with Crippen molar-refractivity contribution in [3.8, 4) is 11.5 Å². The molecule has 4 nitrogen and oxygen atoms in total. The molecule has 2 rings (SSSR count). The predicted octanol–water partition coefficient (Wildman–Crippen LogP) is 1.94. The van der Waals surface area contributed by atoms with Gasteiger partial charge in [-0.3, -0.25) is 4.79 Å². The summed E-state index contributed by atoms with van der Waals surface area (Å²) in [5.74, 6) is 1.09. The third kappa shape index (κ3) is 1.71. The monoisotopic (exact) mass is 221 g/mol. The molecule has 0 fully saturated rings. The Morgan fingerprint density at radius 2 is 1.94 bits per heavy atom. The zero-order chi connectivity index (χ0) is 11.7. The zero-order valence-corrected chi connectivity index (χ0v) is 9.50. The van der Waals surface area contributed by atoms with Gasteiger partial charge in [-0.2, -0.15) is 0 Å². The number of hydrogen-bond acceptors (Lipinski definition) is 4. The van der Waals surface area contributed by atoms with E-state index in [4.69, 9.17) is 15.2 Å². The van der Waals surface area contributed by atoms with Gasteiger partial charge in [0.25, 0.3) is 0 Å². The van der Waals surface area contributed by atoms with Crippen molar-refractivity contribution in [2.24, 2.45) is 0 Å². The first-order valence-corrected chi connectivity index (χ1v) is 5.31. The van der Waals surface area contributed by atoms with Crippen molar-refractivity contribution in [1.82, 2.24) is 0 Å². The molecule has 0 aromatic heterocycles. The molecule has 16 heavy (non-hydrogen) atoms. The maximum atomic E-state index is 11.5. The number of ether oxygens (including phenoxy) is 2. The van der Waals surface area contributed by atoms with E-state index in [1.807, 2.05) is 6.92 Å². The smallest absolute Gasteiger partial charge is 0.172 e. The Bertz CT molecular complexity index is 440. The normalized spacial score (nSPS) is 14.4. The summed E-state index contributed by atoms with van der Waals surface area (Å²) in [6, 6.07) is 1.66. The molecule has 4 heteroatoms. The highest BCUT2D eigenvalue weighted by Crippen LogP contribution is 2.39. The molecule has 0 unspecified atom stereocenters.